The van der Waals surface area contributed by atoms with E-state index < -0.39 is 17.7 Å². The number of aryl methyl sites for hydroxylation is 1. The Bertz CT molecular complexity index is 540. The van der Waals surface area contributed by atoms with E-state index in [4.69, 9.17) is 5.84 Å². The fraction of sp³-hybridized carbons (Fsp3) is 0.231. The van der Waals surface area contributed by atoms with Gasteiger partial charge in [0.25, 0.3) is 0 Å². The van der Waals surface area contributed by atoms with E-state index in [1.165, 1.54) is 23.5 Å². The molecule has 0 amide bonds. The zero-order valence-corrected chi connectivity index (χ0v) is 10.7. The lowest BCUT2D eigenvalue weighted by molar-refractivity contribution is 0.543. The van der Waals surface area contributed by atoms with E-state index in [0.717, 1.165) is 22.9 Å². The highest BCUT2D eigenvalue weighted by atomic mass is 32.1. The van der Waals surface area contributed by atoms with Gasteiger partial charge in [-0.25, -0.2) is 14.2 Å². The van der Waals surface area contributed by atoms with Crippen LogP contribution < -0.4 is 11.3 Å². The van der Waals surface area contributed by atoms with Crippen molar-refractivity contribution in [1.29, 1.82) is 0 Å². The number of hydrogen-bond donors (Lipinski definition) is 2. The number of rotatable bonds is 4. The maximum Gasteiger partial charge on any atom is 0.131 e. The molecule has 0 saturated carbocycles. The van der Waals surface area contributed by atoms with Crippen LogP contribution in [0.5, 0.6) is 0 Å². The van der Waals surface area contributed by atoms with Crippen molar-refractivity contribution in [2.45, 2.75) is 19.4 Å². The first-order valence-corrected chi connectivity index (χ1v) is 6.52. The number of halogens is 2. The molecule has 2 nitrogen and oxygen atoms in total. The fourth-order valence-electron chi connectivity index (χ4n) is 1.94. The lowest BCUT2D eigenvalue weighted by Gasteiger charge is -2.17. The topological polar surface area (TPSA) is 38.0 Å². The molecule has 0 bridgehead atoms. The number of hydrogen-bond acceptors (Lipinski definition) is 3. The van der Waals surface area contributed by atoms with Crippen molar-refractivity contribution in [2.75, 3.05) is 0 Å². The van der Waals surface area contributed by atoms with Crippen LogP contribution in [0.4, 0.5) is 8.78 Å². The summed E-state index contributed by atoms with van der Waals surface area (Å²) in [5.41, 5.74) is 4.08. The average molecular weight is 268 g/mol. The largest absolute Gasteiger partial charge is 0.271 e. The van der Waals surface area contributed by atoms with Gasteiger partial charge in [-0.3, -0.25) is 5.84 Å². The third-order valence-corrected chi connectivity index (χ3v) is 3.89. The maximum absolute atomic E-state index is 13.8. The Morgan fingerprint density at radius 2 is 2.11 bits per heavy atom. The molecule has 0 aliphatic rings. The van der Waals surface area contributed by atoms with Gasteiger partial charge in [-0.05, 0) is 29.5 Å². The molecule has 1 unspecified atom stereocenters. The second-order valence-electron chi connectivity index (χ2n) is 3.93. The van der Waals surface area contributed by atoms with Crippen molar-refractivity contribution in [3.63, 3.8) is 0 Å². The molecular weight excluding hydrogens is 254 g/mol. The number of nitrogens with two attached hydrogens (primary N) is 1. The van der Waals surface area contributed by atoms with Crippen LogP contribution in [-0.2, 0) is 6.42 Å². The van der Waals surface area contributed by atoms with Gasteiger partial charge < -0.3 is 0 Å². The fourth-order valence-corrected chi connectivity index (χ4v) is 3.01. The summed E-state index contributed by atoms with van der Waals surface area (Å²) < 4.78 is 26.7. The van der Waals surface area contributed by atoms with Gasteiger partial charge in [0.1, 0.15) is 11.6 Å². The smallest absolute Gasteiger partial charge is 0.131 e. The number of hydrazine groups is 1. The Kier molecular flexibility index (Phi) is 4.06. The molecule has 0 aliphatic heterocycles. The summed E-state index contributed by atoms with van der Waals surface area (Å²) in [6.45, 7) is 2.03. The molecule has 0 radical (unpaired) electrons. The van der Waals surface area contributed by atoms with E-state index in [1.807, 2.05) is 18.4 Å². The quantitative estimate of drug-likeness (QED) is 0.660. The van der Waals surface area contributed by atoms with Gasteiger partial charge in [0, 0.05) is 16.5 Å². The SMILES string of the molecule is CCc1ccsc1C(NN)c1ccc(F)cc1F. The monoisotopic (exact) mass is 268 g/mol. The van der Waals surface area contributed by atoms with Gasteiger partial charge in [-0.2, -0.15) is 0 Å². The Labute approximate surface area is 108 Å². The summed E-state index contributed by atoms with van der Waals surface area (Å²) in [6, 6.07) is 5.08. The summed E-state index contributed by atoms with van der Waals surface area (Å²) in [4.78, 5) is 0.963. The molecule has 1 heterocycles. The van der Waals surface area contributed by atoms with E-state index in [-0.39, 0.29) is 0 Å². The Morgan fingerprint density at radius 1 is 1.33 bits per heavy atom. The van der Waals surface area contributed by atoms with Gasteiger partial charge in [0.05, 0.1) is 6.04 Å². The highest BCUT2D eigenvalue weighted by Crippen LogP contribution is 2.31. The molecule has 0 saturated heterocycles. The third kappa shape index (κ3) is 2.43. The van der Waals surface area contributed by atoms with E-state index in [2.05, 4.69) is 5.43 Å². The van der Waals surface area contributed by atoms with Crippen LogP contribution in [0, 0.1) is 11.6 Å². The Hall–Kier alpha value is -1.30. The van der Waals surface area contributed by atoms with Crippen LogP contribution in [0.15, 0.2) is 29.6 Å². The van der Waals surface area contributed by atoms with Gasteiger partial charge in [-0.15, -0.1) is 11.3 Å². The minimum atomic E-state index is -0.589. The Morgan fingerprint density at radius 3 is 2.72 bits per heavy atom. The first-order chi connectivity index (χ1) is 8.67. The second kappa shape index (κ2) is 5.56. The molecule has 3 N–H and O–H groups in total. The molecule has 18 heavy (non-hydrogen) atoms. The first kappa shape index (κ1) is 13.1. The van der Waals surface area contributed by atoms with Crippen molar-refractivity contribution < 1.29 is 8.78 Å². The number of benzene rings is 1. The number of thiophene rings is 1. The van der Waals surface area contributed by atoms with E-state index in [1.54, 1.807) is 0 Å². The van der Waals surface area contributed by atoms with Crippen LogP contribution >= 0.6 is 11.3 Å². The second-order valence-corrected chi connectivity index (χ2v) is 4.88. The minimum Gasteiger partial charge on any atom is -0.271 e. The third-order valence-electron chi connectivity index (χ3n) is 2.86. The predicted molar refractivity (Wildman–Crippen MR) is 69.2 cm³/mol. The molecule has 5 heteroatoms. The standard InChI is InChI=1S/C13H14F2N2S/c1-2-8-5-6-18-13(8)12(17-16)10-4-3-9(14)7-11(10)15/h3-7,12,17H,2,16H2,1H3. The first-order valence-electron chi connectivity index (χ1n) is 5.64. The van der Waals surface area contributed by atoms with E-state index in [0.29, 0.717) is 5.56 Å². The van der Waals surface area contributed by atoms with Crippen molar-refractivity contribution in [3.05, 3.63) is 57.3 Å². The molecule has 0 aliphatic carbocycles. The van der Waals surface area contributed by atoms with Gasteiger partial charge in [0.2, 0.25) is 0 Å². The molecule has 1 aromatic heterocycles. The van der Waals surface area contributed by atoms with Gasteiger partial charge in [0.15, 0.2) is 0 Å². The Balaban J connectivity index is 2.45. The highest BCUT2D eigenvalue weighted by molar-refractivity contribution is 7.10. The number of nitrogens with one attached hydrogen (secondary N) is 1. The maximum atomic E-state index is 13.8. The molecule has 0 fully saturated rings. The van der Waals surface area contributed by atoms with Crippen LogP contribution in [0.2, 0.25) is 0 Å². The lowest BCUT2D eigenvalue weighted by atomic mass is 10.0. The average Bonchev–Trinajstić information content (AvgIpc) is 2.81. The summed E-state index contributed by atoms with van der Waals surface area (Å²) in [5.74, 6) is 4.34. The molecule has 2 rings (SSSR count). The zero-order valence-electron chi connectivity index (χ0n) is 9.91. The molecule has 1 aromatic carbocycles. The summed E-state index contributed by atoms with van der Waals surface area (Å²) in [7, 11) is 0. The van der Waals surface area contributed by atoms with Crippen LogP contribution in [0.25, 0.3) is 0 Å². The van der Waals surface area contributed by atoms with Crippen molar-refractivity contribution in [2.24, 2.45) is 5.84 Å². The van der Waals surface area contributed by atoms with Gasteiger partial charge >= 0.3 is 0 Å². The predicted octanol–water partition coefficient (Wildman–Crippen LogP) is 3.14. The molecule has 1 atom stereocenters. The van der Waals surface area contributed by atoms with E-state index in [9.17, 15) is 8.78 Å². The van der Waals surface area contributed by atoms with Crippen molar-refractivity contribution >= 4 is 11.3 Å². The minimum absolute atomic E-state index is 0.357. The molecule has 2 aromatic rings. The molecular formula is C13H14F2N2S. The van der Waals surface area contributed by atoms with Gasteiger partial charge in [-0.1, -0.05) is 13.0 Å². The normalized spacial score (nSPS) is 12.7. The summed E-state index contributed by atoms with van der Waals surface area (Å²) >= 11 is 1.51. The molecule has 96 valence electrons. The zero-order chi connectivity index (χ0) is 13.1. The lowest BCUT2D eigenvalue weighted by Crippen LogP contribution is -2.29. The van der Waals surface area contributed by atoms with Crippen molar-refractivity contribution in [3.8, 4) is 0 Å². The highest BCUT2D eigenvalue weighted by Gasteiger charge is 2.20. The van der Waals surface area contributed by atoms with Crippen LogP contribution in [-0.4, -0.2) is 0 Å². The summed E-state index contributed by atoms with van der Waals surface area (Å²) in [5, 5.41) is 1.94. The molecule has 0 spiro atoms. The summed E-state index contributed by atoms with van der Waals surface area (Å²) in [6.07, 6.45) is 0.847. The van der Waals surface area contributed by atoms with Crippen LogP contribution in [0.3, 0.4) is 0 Å². The van der Waals surface area contributed by atoms with E-state index >= 15 is 0 Å². The van der Waals surface area contributed by atoms with Crippen LogP contribution in [0.1, 0.15) is 29.0 Å². The van der Waals surface area contributed by atoms with Crippen molar-refractivity contribution in [1.82, 2.24) is 5.43 Å².